The van der Waals surface area contributed by atoms with E-state index >= 15 is 0 Å². The van der Waals surface area contributed by atoms with Crippen LogP contribution in [0.5, 0.6) is 0 Å². The molecule has 1 unspecified atom stereocenters. The molecule has 0 fully saturated rings. The van der Waals surface area contributed by atoms with Gasteiger partial charge in [0.05, 0.1) is 0 Å². The summed E-state index contributed by atoms with van der Waals surface area (Å²) in [6.07, 6.45) is 2.47. The van der Waals surface area contributed by atoms with Crippen molar-refractivity contribution in [2.45, 2.75) is 46.6 Å². The summed E-state index contributed by atoms with van der Waals surface area (Å²) in [7, 11) is 2.21. The summed E-state index contributed by atoms with van der Waals surface area (Å²) in [6, 6.07) is 0.645. The van der Waals surface area contributed by atoms with E-state index in [4.69, 9.17) is 0 Å². The molecule has 0 rings (SSSR count). The first kappa shape index (κ1) is 13.9. The van der Waals surface area contributed by atoms with E-state index < -0.39 is 0 Å². The van der Waals surface area contributed by atoms with Crippen molar-refractivity contribution in [3.63, 3.8) is 0 Å². The molecule has 0 amide bonds. The first-order chi connectivity index (χ1) is 6.61. The Kier molecular flexibility index (Phi) is 8.20. The summed E-state index contributed by atoms with van der Waals surface area (Å²) in [5.41, 5.74) is 0. The Balaban J connectivity index is 3.82. The number of hydrogen-bond acceptors (Lipinski definition) is 2. The van der Waals surface area contributed by atoms with E-state index in [1.165, 1.54) is 25.9 Å². The fourth-order valence-corrected chi connectivity index (χ4v) is 1.65. The molecule has 2 heteroatoms. The topological polar surface area (TPSA) is 15.3 Å². The molecule has 86 valence electrons. The molecule has 0 aliphatic rings. The maximum absolute atomic E-state index is 3.62. The smallest absolute Gasteiger partial charge is 0.0217 e. The van der Waals surface area contributed by atoms with Gasteiger partial charge in [-0.3, -0.25) is 0 Å². The molecule has 0 aromatic heterocycles. The fraction of sp³-hybridized carbons (Fsp3) is 1.00. The Labute approximate surface area is 90.1 Å². The Hall–Kier alpha value is -0.0800. The molecular weight excluding hydrogens is 172 g/mol. The molecule has 0 aliphatic heterocycles. The van der Waals surface area contributed by atoms with Gasteiger partial charge in [0, 0.05) is 12.6 Å². The van der Waals surface area contributed by atoms with Crippen LogP contribution in [-0.2, 0) is 0 Å². The molecule has 0 aliphatic carbocycles. The predicted molar refractivity (Wildman–Crippen MR) is 64.7 cm³/mol. The van der Waals surface area contributed by atoms with Gasteiger partial charge in [0.2, 0.25) is 0 Å². The zero-order chi connectivity index (χ0) is 11.0. The zero-order valence-electron chi connectivity index (χ0n) is 10.6. The number of nitrogens with zero attached hydrogens (tertiary/aromatic N) is 1. The van der Waals surface area contributed by atoms with Crippen molar-refractivity contribution in [2.24, 2.45) is 5.92 Å². The average molecular weight is 200 g/mol. The Morgan fingerprint density at radius 3 is 2.21 bits per heavy atom. The second-order valence-electron chi connectivity index (χ2n) is 4.57. The number of hydrogen-bond donors (Lipinski definition) is 1. The van der Waals surface area contributed by atoms with Gasteiger partial charge < -0.3 is 10.2 Å². The molecule has 0 bridgehead atoms. The highest BCUT2D eigenvalue weighted by Gasteiger charge is 2.13. The quantitative estimate of drug-likeness (QED) is 0.647. The van der Waals surface area contributed by atoms with Crippen LogP contribution in [0.2, 0.25) is 0 Å². The van der Waals surface area contributed by atoms with E-state index in [2.05, 4.69) is 45.0 Å². The largest absolute Gasteiger partial charge is 0.312 e. The van der Waals surface area contributed by atoms with Crippen molar-refractivity contribution in [3.8, 4) is 0 Å². The SMILES string of the molecule is CCCNC(CN(C)CCC)C(C)C. The molecule has 1 atom stereocenters. The van der Waals surface area contributed by atoms with Gasteiger partial charge in [0.1, 0.15) is 0 Å². The number of likely N-dealkylation sites (N-methyl/N-ethyl adjacent to an activating group) is 1. The molecule has 14 heavy (non-hydrogen) atoms. The Morgan fingerprint density at radius 1 is 1.14 bits per heavy atom. The van der Waals surface area contributed by atoms with Crippen LogP contribution < -0.4 is 5.32 Å². The highest BCUT2D eigenvalue weighted by Crippen LogP contribution is 2.03. The van der Waals surface area contributed by atoms with Crippen molar-refractivity contribution in [1.29, 1.82) is 0 Å². The standard InChI is InChI=1S/C12H28N2/c1-6-8-13-12(11(3)4)10-14(5)9-7-2/h11-13H,6-10H2,1-5H3. The van der Waals surface area contributed by atoms with Crippen molar-refractivity contribution >= 4 is 0 Å². The first-order valence-electron chi connectivity index (χ1n) is 6.03. The lowest BCUT2D eigenvalue weighted by molar-refractivity contribution is 0.255. The third-order valence-electron chi connectivity index (χ3n) is 2.57. The van der Waals surface area contributed by atoms with Crippen molar-refractivity contribution in [2.75, 3.05) is 26.7 Å². The Morgan fingerprint density at radius 2 is 1.79 bits per heavy atom. The van der Waals surface area contributed by atoms with Crippen LogP contribution in [0.3, 0.4) is 0 Å². The number of nitrogens with one attached hydrogen (secondary N) is 1. The summed E-state index contributed by atoms with van der Waals surface area (Å²) in [6.45, 7) is 12.6. The highest BCUT2D eigenvalue weighted by atomic mass is 15.1. The van der Waals surface area contributed by atoms with Crippen LogP contribution >= 0.6 is 0 Å². The molecule has 2 nitrogen and oxygen atoms in total. The van der Waals surface area contributed by atoms with E-state index in [1.54, 1.807) is 0 Å². The molecule has 0 heterocycles. The highest BCUT2D eigenvalue weighted by molar-refractivity contribution is 4.73. The van der Waals surface area contributed by atoms with Gasteiger partial charge in [0.15, 0.2) is 0 Å². The molecule has 0 saturated heterocycles. The van der Waals surface area contributed by atoms with E-state index in [0.717, 1.165) is 12.5 Å². The Bertz CT molecular complexity index is 123. The summed E-state index contributed by atoms with van der Waals surface area (Å²) in [5, 5.41) is 3.62. The van der Waals surface area contributed by atoms with E-state index in [-0.39, 0.29) is 0 Å². The molecule has 0 saturated carbocycles. The van der Waals surface area contributed by atoms with E-state index in [9.17, 15) is 0 Å². The maximum Gasteiger partial charge on any atom is 0.0217 e. The summed E-state index contributed by atoms with van der Waals surface area (Å²) >= 11 is 0. The third kappa shape index (κ3) is 6.39. The summed E-state index contributed by atoms with van der Waals surface area (Å²) < 4.78 is 0. The minimum atomic E-state index is 0.645. The lowest BCUT2D eigenvalue weighted by atomic mass is 10.0. The first-order valence-corrected chi connectivity index (χ1v) is 6.03. The third-order valence-corrected chi connectivity index (χ3v) is 2.57. The van der Waals surface area contributed by atoms with E-state index in [1.807, 2.05) is 0 Å². The van der Waals surface area contributed by atoms with Gasteiger partial charge in [-0.15, -0.1) is 0 Å². The normalized spacial score (nSPS) is 13.9. The minimum absolute atomic E-state index is 0.645. The molecule has 1 N–H and O–H groups in total. The van der Waals surface area contributed by atoms with Gasteiger partial charge in [0.25, 0.3) is 0 Å². The van der Waals surface area contributed by atoms with Crippen LogP contribution in [0.1, 0.15) is 40.5 Å². The van der Waals surface area contributed by atoms with Gasteiger partial charge in [-0.2, -0.15) is 0 Å². The number of rotatable bonds is 8. The van der Waals surface area contributed by atoms with Crippen molar-refractivity contribution in [3.05, 3.63) is 0 Å². The maximum atomic E-state index is 3.62. The lowest BCUT2D eigenvalue weighted by Crippen LogP contribution is -2.43. The second-order valence-corrected chi connectivity index (χ2v) is 4.57. The second kappa shape index (κ2) is 8.25. The predicted octanol–water partition coefficient (Wildman–Crippen LogP) is 2.35. The monoisotopic (exact) mass is 200 g/mol. The zero-order valence-corrected chi connectivity index (χ0v) is 10.6. The summed E-state index contributed by atoms with van der Waals surface area (Å²) in [5.74, 6) is 0.723. The van der Waals surface area contributed by atoms with Crippen molar-refractivity contribution < 1.29 is 0 Å². The molecule has 0 aromatic rings. The minimum Gasteiger partial charge on any atom is -0.312 e. The van der Waals surface area contributed by atoms with Gasteiger partial charge in [-0.25, -0.2) is 0 Å². The van der Waals surface area contributed by atoms with Crippen LogP contribution in [-0.4, -0.2) is 37.6 Å². The van der Waals surface area contributed by atoms with Crippen LogP contribution in [0, 0.1) is 5.92 Å². The van der Waals surface area contributed by atoms with Gasteiger partial charge in [-0.1, -0.05) is 27.7 Å². The molecule has 0 aromatic carbocycles. The van der Waals surface area contributed by atoms with E-state index in [0.29, 0.717) is 6.04 Å². The van der Waals surface area contributed by atoms with Crippen LogP contribution in [0.4, 0.5) is 0 Å². The van der Waals surface area contributed by atoms with Gasteiger partial charge >= 0.3 is 0 Å². The average Bonchev–Trinajstić information content (AvgIpc) is 2.12. The molecular formula is C12H28N2. The summed E-state index contributed by atoms with van der Waals surface area (Å²) in [4.78, 5) is 2.42. The molecule has 0 radical (unpaired) electrons. The lowest BCUT2D eigenvalue weighted by Gasteiger charge is -2.27. The fourth-order valence-electron chi connectivity index (χ4n) is 1.65. The van der Waals surface area contributed by atoms with Gasteiger partial charge in [-0.05, 0) is 38.9 Å². The van der Waals surface area contributed by atoms with Crippen molar-refractivity contribution in [1.82, 2.24) is 10.2 Å². The van der Waals surface area contributed by atoms with Crippen LogP contribution in [0.25, 0.3) is 0 Å². The molecule has 0 spiro atoms. The van der Waals surface area contributed by atoms with Crippen LogP contribution in [0.15, 0.2) is 0 Å².